The molecular formula is C18H19FN4O4. The van der Waals surface area contributed by atoms with Gasteiger partial charge in [0.15, 0.2) is 5.82 Å². The van der Waals surface area contributed by atoms with E-state index in [1.807, 2.05) is 4.90 Å². The summed E-state index contributed by atoms with van der Waals surface area (Å²) in [6.45, 7) is 1.06. The molecule has 1 unspecified atom stereocenters. The Hall–Kier alpha value is -2.84. The second-order valence-corrected chi connectivity index (χ2v) is 7.15. The lowest BCUT2D eigenvalue weighted by Gasteiger charge is -2.31. The van der Waals surface area contributed by atoms with Crippen molar-refractivity contribution in [1.82, 2.24) is 10.2 Å². The van der Waals surface area contributed by atoms with Gasteiger partial charge >= 0.3 is 0 Å². The van der Waals surface area contributed by atoms with Gasteiger partial charge in [-0.2, -0.15) is 4.91 Å². The van der Waals surface area contributed by atoms with Crippen molar-refractivity contribution in [3.05, 3.63) is 34.0 Å². The third-order valence-corrected chi connectivity index (χ3v) is 5.58. The molecule has 0 bridgehead atoms. The lowest BCUT2D eigenvalue weighted by atomic mass is 10.0. The zero-order chi connectivity index (χ0) is 19.1. The summed E-state index contributed by atoms with van der Waals surface area (Å²) < 4.78 is 15.1. The largest absolute Gasteiger partial charge is 0.369 e. The molecule has 0 aromatic heterocycles. The third-order valence-electron chi connectivity index (χ3n) is 5.58. The minimum absolute atomic E-state index is 0.00642. The van der Waals surface area contributed by atoms with Gasteiger partial charge in [-0.3, -0.25) is 19.7 Å². The molecule has 2 saturated heterocycles. The molecule has 3 heterocycles. The summed E-state index contributed by atoms with van der Waals surface area (Å²) in [7, 11) is 0. The Labute approximate surface area is 154 Å². The van der Waals surface area contributed by atoms with Crippen molar-refractivity contribution in [2.45, 2.75) is 44.3 Å². The number of nitrogens with zero attached hydrogens (tertiary/aromatic N) is 3. The van der Waals surface area contributed by atoms with E-state index in [4.69, 9.17) is 0 Å². The molecule has 3 aliphatic rings. The highest BCUT2D eigenvalue weighted by atomic mass is 19.1. The molecule has 1 N–H and O–H groups in total. The number of carbonyl (C=O) groups excluding carboxylic acids is 3. The predicted molar refractivity (Wildman–Crippen MR) is 93.5 cm³/mol. The lowest BCUT2D eigenvalue weighted by Crippen LogP contribution is -2.52. The number of fused-ring (bicyclic) bond motifs is 1. The molecule has 2 fully saturated rings. The first-order valence-corrected chi connectivity index (χ1v) is 9.03. The van der Waals surface area contributed by atoms with Crippen molar-refractivity contribution in [2.75, 3.05) is 18.0 Å². The molecule has 8 nitrogen and oxygen atoms in total. The number of halogens is 1. The Morgan fingerprint density at radius 2 is 1.85 bits per heavy atom. The number of nitrogens with one attached hydrogen (secondary N) is 1. The average molecular weight is 374 g/mol. The highest BCUT2D eigenvalue weighted by Gasteiger charge is 2.40. The summed E-state index contributed by atoms with van der Waals surface area (Å²) in [6.07, 6.45) is 1.54. The molecule has 0 spiro atoms. The fraction of sp³-hybridized carbons (Fsp3) is 0.500. The van der Waals surface area contributed by atoms with E-state index in [0.717, 1.165) is 0 Å². The normalized spacial score (nSPS) is 23.4. The van der Waals surface area contributed by atoms with Crippen molar-refractivity contribution < 1.29 is 18.8 Å². The van der Waals surface area contributed by atoms with Crippen LogP contribution in [0.4, 0.5) is 10.1 Å². The van der Waals surface area contributed by atoms with Gasteiger partial charge in [0.05, 0.1) is 18.3 Å². The Morgan fingerprint density at radius 1 is 1.11 bits per heavy atom. The van der Waals surface area contributed by atoms with Gasteiger partial charge in [0.1, 0.15) is 6.04 Å². The lowest BCUT2D eigenvalue weighted by molar-refractivity contribution is -0.136. The van der Waals surface area contributed by atoms with Crippen molar-refractivity contribution >= 4 is 23.4 Å². The predicted octanol–water partition coefficient (Wildman–Crippen LogP) is 1.32. The van der Waals surface area contributed by atoms with Crippen molar-refractivity contribution in [1.29, 1.82) is 0 Å². The molecule has 4 rings (SSSR count). The number of imide groups is 1. The molecule has 0 aliphatic carbocycles. The van der Waals surface area contributed by atoms with Gasteiger partial charge in [0, 0.05) is 30.6 Å². The minimum atomic E-state index is -0.764. The molecule has 0 radical (unpaired) electrons. The van der Waals surface area contributed by atoms with Crippen LogP contribution in [0.5, 0.6) is 0 Å². The Balaban J connectivity index is 1.57. The fourth-order valence-electron chi connectivity index (χ4n) is 4.05. The molecule has 142 valence electrons. The number of amides is 3. The highest BCUT2D eigenvalue weighted by molar-refractivity contribution is 6.05. The SMILES string of the molecule is O=NC1CCN(c2ccc3c(c2F)CN(C2CCC(=O)NC2=O)C3=O)CC1. The number of piperidine rings is 2. The van der Waals surface area contributed by atoms with E-state index in [1.165, 1.54) is 4.90 Å². The first-order chi connectivity index (χ1) is 13.0. The zero-order valence-electron chi connectivity index (χ0n) is 14.6. The average Bonchev–Trinajstić information content (AvgIpc) is 3.00. The van der Waals surface area contributed by atoms with Crippen LogP contribution in [-0.4, -0.2) is 47.8 Å². The van der Waals surface area contributed by atoms with Gasteiger partial charge in [-0.25, -0.2) is 4.39 Å². The van der Waals surface area contributed by atoms with Crippen LogP contribution < -0.4 is 10.2 Å². The van der Waals surface area contributed by atoms with E-state index in [-0.39, 0.29) is 42.5 Å². The summed E-state index contributed by atoms with van der Waals surface area (Å²) in [5.41, 5.74) is 0.930. The van der Waals surface area contributed by atoms with E-state index in [9.17, 15) is 19.3 Å². The maximum atomic E-state index is 15.1. The van der Waals surface area contributed by atoms with Gasteiger partial charge in [-0.1, -0.05) is 5.18 Å². The molecule has 3 aliphatic heterocycles. The molecule has 1 aromatic rings. The number of benzene rings is 1. The van der Waals surface area contributed by atoms with Crippen LogP contribution in [-0.2, 0) is 16.1 Å². The van der Waals surface area contributed by atoms with E-state index in [1.54, 1.807) is 12.1 Å². The number of carbonyl (C=O) groups is 3. The van der Waals surface area contributed by atoms with Crippen molar-refractivity contribution in [2.24, 2.45) is 5.18 Å². The van der Waals surface area contributed by atoms with Crippen LogP contribution in [0.2, 0.25) is 0 Å². The maximum absolute atomic E-state index is 15.1. The van der Waals surface area contributed by atoms with Crippen molar-refractivity contribution in [3.63, 3.8) is 0 Å². The monoisotopic (exact) mass is 374 g/mol. The van der Waals surface area contributed by atoms with Gasteiger partial charge in [0.2, 0.25) is 11.8 Å². The van der Waals surface area contributed by atoms with Crippen LogP contribution in [0.25, 0.3) is 0 Å². The zero-order valence-corrected chi connectivity index (χ0v) is 14.6. The summed E-state index contributed by atoms with van der Waals surface area (Å²) in [5.74, 6) is -1.74. The van der Waals surface area contributed by atoms with Gasteiger partial charge in [-0.05, 0) is 31.4 Å². The smallest absolute Gasteiger partial charge is 0.255 e. The van der Waals surface area contributed by atoms with E-state index < -0.39 is 23.7 Å². The number of hydrogen-bond acceptors (Lipinski definition) is 6. The highest BCUT2D eigenvalue weighted by Crippen LogP contribution is 2.34. The molecule has 0 saturated carbocycles. The van der Waals surface area contributed by atoms with Crippen LogP contribution in [0, 0.1) is 10.7 Å². The standard InChI is InChI=1S/C18H19FN4O4/c19-16-12-9-23(14-3-4-15(24)20-17(14)25)18(26)11(12)1-2-13(16)22-7-5-10(21-27)6-8-22/h1-2,10,14H,3-9H2,(H,20,24,25). The second-order valence-electron chi connectivity index (χ2n) is 7.15. The third kappa shape index (κ3) is 2.96. The molecule has 1 aromatic carbocycles. The van der Waals surface area contributed by atoms with E-state index in [2.05, 4.69) is 10.5 Å². The summed E-state index contributed by atoms with van der Waals surface area (Å²) in [4.78, 5) is 49.9. The van der Waals surface area contributed by atoms with Crippen LogP contribution >= 0.6 is 0 Å². The number of rotatable bonds is 3. The van der Waals surface area contributed by atoms with Crippen molar-refractivity contribution in [3.8, 4) is 0 Å². The van der Waals surface area contributed by atoms with Gasteiger partial charge in [0.25, 0.3) is 5.91 Å². The number of nitroso groups, excluding NO2 is 1. The molecular weight excluding hydrogens is 355 g/mol. The fourth-order valence-corrected chi connectivity index (χ4v) is 4.05. The first kappa shape index (κ1) is 17.6. The van der Waals surface area contributed by atoms with E-state index in [0.29, 0.717) is 31.6 Å². The van der Waals surface area contributed by atoms with Gasteiger partial charge < -0.3 is 9.80 Å². The van der Waals surface area contributed by atoms with E-state index >= 15 is 4.39 Å². The topological polar surface area (TPSA) is 99.2 Å². The van der Waals surface area contributed by atoms with Crippen LogP contribution in [0.1, 0.15) is 41.6 Å². The van der Waals surface area contributed by atoms with Crippen LogP contribution in [0.15, 0.2) is 17.3 Å². The number of anilines is 1. The van der Waals surface area contributed by atoms with Crippen LogP contribution in [0.3, 0.4) is 0 Å². The molecule has 1 atom stereocenters. The molecule has 9 heteroatoms. The summed E-state index contributed by atoms with van der Waals surface area (Å²) >= 11 is 0. The Morgan fingerprint density at radius 3 is 2.52 bits per heavy atom. The Bertz CT molecular complexity index is 835. The maximum Gasteiger partial charge on any atom is 0.255 e. The molecule has 3 amide bonds. The second kappa shape index (κ2) is 6.71. The first-order valence-electron chi connectivity index (χ1n) is 9.03. The molecule has 27 heavy (non-hydrogen) atoms. The Kier molecular flexibility index (Phi) is 4.37. The summed E-state index contributed by atoms with van der Waals surface area (Å²) in [5, 5.41) is 5.29. The number of hydrogen-bond donors (Lipinski definition) is 1. The van der Waals surface area contributed by atoms with Gasteiger partial charge in [-0.15, -0.1) is 0 Å². The quantitative estimate of drug-likeness (QED) is 0.635. The minimum Gasteiger partial charge on any atom is -0.369 e. The summed E-state index contributed by atoms with van der Waals surface area (Å²) in [6, 6.07) is 2.17.